The van der Waals surface area contributed by atoms with Crippen LogP contribution in [0.15, 0.2) is 45.1 Å². The van der Waals surface area contributed by atoms with Crippen molar-refractivity contribution in [2.45, 2.75) is 16.3 Å². The third kappa shape index (κ3) is 3.37. The highest BCUT2D eigenvalue weighted by atomic mass is 32.2. The van der Waals surface area contributed by atoms with Crippen LogP contribution in [0, 0.1) is 6.92 Å². The summed E-state index contributed by atoms with van der Waals surface area (Å²) in [5, 5.41) is 13.1. The van der Waals surface area contributed by atoms with Crippen LogP contribution < -0.4 is 10.1 Å². The average Bonchev–Trinajstić information content (AvgIpc) is 3.14. The predicted molar refractivity (Wildman–Crippen MR) is 85.8 cm³/mol. The molecule has 0 aliphatic heterocycles. The molecule has 7 heteroatoms. The van der Waals surface area contributed by atoms with Crippen molar-refractivity contribution in [1.82, 2.24) is 15.2 Å². The van der Waals surface area contributed by atoms with Crippen molar-refractivity contribution >= 4 is 34.7 Å². The number of nitrogens with one attached hydrogen (secondary N) is 2. The summed E-state index contributed by atoms with van der Waals surface area (Å²) in [5.41, 5.74) is 2.05. The second-order valence-corrected chi connectivity index (χ2v) is 6.52. The lowest BCUT2D eigenvalue weighted by Gasteiger charge is -2.08. The van der Waals surface area contributed by atoms with Gasteiger partial charge < -0.3 is 10.1 Å². The molecule has 0 atom stereocenters. The van der Waals surface area contributed by atoms with Gasteiger partial charge in [-0.3, -0.25) is 0 Å². The Hall–Kier alpha value is -1.99. The number of aryl methyl sites for hydroxylation is 1. The fourth-order valence-electron chi connectivity index (χ4n) is 1.79. The molecular weight excluding hydrogens is 304 g/mol. The largest absolute Gasteiger partial charge is 0.497 e. The third-order valence-electron chi connectivity index (χ3n) is 2.84. The Bertz CT molecular complexity index is 724. The fourth-order valence-corrected chi connectivity index (χ4v) is 3.38. The minimum Gasteiger partial charge on any atom is -0.497 e. The Balaban J connectivity index is 1.72. The Morgan fingerprint density at radius 3 is 2.95 bits per heavy atom. The molecule has 108 valence electrons. The zero-order valence-electron chi connectivity index (χ0n) is 11.6. The molecule has 21 heavy (non-hydrogen) atoms. The quantitative estimate of drug-likeness (QED) is 0.742. The molecule has 0 saturated carbocycles. The van der Waals surface area contributed by atoms with Gasteiger partial charge in [0.2, 0.25) is 11.1 Å². The van der Waals surface area contributed by atoms with Gasteiger partial charge in [0.05, 0.1) is 11.3 Å². The molecule has 2 heterocycles. The SMILES string of the molecule is COc1ccc(Nc2nc(Sc3cccs3)n[nH]2)c(C)c1. The fraction of sp³-hybridized carbons (Fsp3) is 0.143. The van der Waals surface area contributed by atoms with E-state index in [1.807, 2.05) is 42.6 Å². The van der Waals surface area contributed by atoms with Gasteiger partial charge in [0.1, 0.15) is 5.75 Å². The van der Waals surface area contributed by atoms with Crippen LogP contribution in [0.4, 0.5) is 11.6 Å². The van der Waals surface area contributed by atoms with Crippen molar-refractivity contribution < 1.29 is 4.74 Å². The standard InChI is InChI=1S/C14H14N4OS2/c1-9-8-10(19-2)5-6-11(9)15-13-16-14(18-17-13)21-12-4-3-7-20-12/h3-8H,1-2H3,(H2,15,16,17,18). The molecule has 3 aromatic rings. The zero-order chi connectivity index (χ0) is 14.7. The van der Waals surface area contributed by atoms with Crippen LogP contribution in [0.2, 0.25) is 0 Å². The van der Waals surface area contributed by atoms with Crippen LogP contribution in [-0.4, -0.2) is 22.3 Å². The van der Waals surface area contributed by atoms with Gasteiger partial charge in [0.15, 0.2) is 0 Å². The van der Waals surface area contributed by atoms with Crippen LogP contribution in [0.3, 0.4) is 0 Å². The van der Waals surface area contributed by atoms with Crippen LogP contribution in [-0.2, 0) is 0 Å². The average molecular weight is 318 g/mol. The molecule has 3 rings (SSSR count). The van der Waals surface area contributed by atoms with E-state index in [1.54, 1.807) is 30.2 Å². The van der Waals surface area contributed by atoms with Crippen LogP contribution in [0.5, 0.6) is 5.75 Å². The maximum absolute atomic E-state index is 5.20. The van der Waals surface area contributed by atoms with E-state index >= 15 is 0 Å². The normalized spacial score (nSPS) is 10.6. The lowest BCUT2D eigenvalue weighted by molar-refractivity contribution is 0.414. The monoisotopic (exact) mass is 318 g/mol. The minimum atomic E-state index is 0.627. The first kappa shape index (κ1) is 14.0. The summed E-state index contributed by atoms with van der Waals surface area (Å²) in [6.45, 7) is 2.02. The van der Waals surface area contributed by atoms with Gasteiger partial charge in [-0.25, -0.2) is 5.10 Å². The zero-order valence-corrected chi connectivity index (χ0v) is 13.2. The second-order valence-electron chi connectivity index (χ2n) is 4.31. The summed E-state index contributed by atoms with van der Waals surface area (Å²) in [7, 11) is 1.66. The van der Waals surface area contributed by atoms with Gasteiger partial charge in [-0.15, -0.1) is 16.4 Å². The van der Waals surface area contributed by atoms with Gasteiger partial charge in [-0.05, 0) is 53.9 Å². The van der Waals surface area contributed by atoms with Crippen molar-refractivity contribution in [3.8, 4) is 5.75 Å². The summed E-state index contributed by atoms with van der Waals surface area (Å²) in [6.07, 6.45) is 0. The van der Waals surface area contributed by atoms with E-state index in [-0.39, 0.29) is 0 Å². The van der Waals surface area contributed by atoms with E-state index in [1.165, 1.54) is 4.21 Å². The molecule has 0 bridgehead atoms. The number of aromatic amines is 1. The summed E-state index contributed by atoms with van der Waals surface area (Å²) in [6, 6.07) is 9.90. The maximum atomic E-state index is 5.20. The number of thiophene rings is 1. The molecule has 0 aliphatic rings. The molecule has 0 unspecified atom stereocenters. The van der Waals surface area contributed by atoms with Crippen molar-refractivity contribution in [3.05, 3.63) is 41.3 Å². The van der Waals surface area contributed by atoms with Gasteiger partial charge in [-0.2, -0.15) is 4.98 Å². The maximum Gasteiger partial charge on any atom is 0.224 e. The molecular formula is C14H14N4OS2. The Labute approximate surface area is 130 Å². The number of hydrogen-bond acceptors (Lipinski definition) is 6. The first-order valence-corrected chi connectivity index (χ1v) is 7.99. The highest BCUT2D eigenvalue weighted by molar-refractivity contribution is 8.01. The van der Waals surface area contributed by atoms with E-state index in [2.05, 4.69) is 20.5 Å². The summed E-state index contributed by atoms with van der Waals surface area (Å²) >= 11 is 3.21. The lowest BCUT2D eigenvalue weighted by Crippen LogP contribution is -1.95. The molecule has 2 N–H and O–H groups in total. The molecule has 0 saturated heterocycles. The number of aromatic nitrogens is 3. The van der Waals surface area contributed by atoms with Crippen LogP contribution in [0.1, 0.15) is 5.56 Å². The number of ether oxygens (including phenoxy) is 1. The molecule has 2 aromatic heterocycles. The molecule has 0 amide bonds. The van der Waals surface area contributed by atoms with Crippen LogP contribution in [0.25, 0.3) is 0 Å². The molecule has 1 aromatic carbocycles. The summed E-state index contributed by atoms with van der Waals surface area (Å²) < 4.78 is 6.37. The first-order valence-electron chi connectivity index (χ1n) is 6.30. The van der Waals surface area contributed by atoms with E-state index in [4.69, 9.17) is 4.74 Å². The summed E-state index contributed by atoms with van der Waals surface area (Å²) in [4.78, 5) is 4.42. The van der Waals surface area contributed by atoms with Crippen molar-refractivity contribution in [2.75, 3.05) is 12.4 Å². The number of nitrogens with zero attached hydrogens (tertiary/aromatic N) is 2. The Kier molecular flexibility index (Phi) is 4.12. The number of H-pyrrole nitrogens is 1. The Morgan fingerprint density at radius 2 is 2.24 bits per heavy atom. The molecule has 5 nitrogen and oxygen atoms in total. The molecule has 0 fully saturated rings. The number of hydrogen-bond donors (Lipinski definition) is 2. The first-order chi connectivity index (χ1) is 10.2. The van der Waals surface area contributed by atoms with E-state index in [0.717, 1.165) is 17.0 Å². The number of rotatable bonds is 5. The third-order valence-corrected chi connectivity index (χ3v) is 4.74. The van der Waals surface area contributed by atoms with Crippen molar-refractivity contribution in [3.63, 3.8) is 0 Å². The van der Waals surface area contributed by atoms with Gasteiger partial charge in [-0.1, -0.05) is 6.07 Å². The van der Waals surface area contributed by atoms with Gasteiger partial charge in [0, 0.05) is 5.69 Å². The summed E-state index contributed by atoms with van der Waals surface area (Å²) in [5.74, 6) is 1.46. The minimum absolute atomic E-state index is 0.627. The molecule has 0 aliphatic carbocycles. The number of methoxy groups -OCH3 is 1. The molecule has 0 radical (unpaired) electrons. The van der Waals surface area contributed by atoms with Crippen molar-refractivity contribution in [1.29, 1.82) is 0 Å². The Morgan fingerprint density at radius 1 is 1.33 bits per heavy atom. The number of anilines is 2. The topological polar surface area (TPSA) is 62.8 Å². The lowest BCUT2D eigenvalue weighted by atomic mass is 10.2. The van der Waals surface area contributed by atoms with E-state index in [9.17, 15) is 0 Å². The molecule has 0 spiro atoms. The van der Waals surface area contributed by atoms with E-state index < -0.39 is 0 Å². The van der Waals surface area contributed by atoms with E-state index in [0.29, 0.717) is 11.1 Å². The van der Waals surface area contributed by atoms with Crippen LogP contribution >= 0.6 is 23.1 Å². The van der Waals surface area contributed by atoms with Gasteiger partial charge in [0.25, 0.3) is 0 Å². The number of benzene rings is 1. The highest BCUT2D eigenvalue weighted by Crippen LogP contribution is 2.30. The predicted octanol–water partition coefficient (Wildman–Crippen LogP) is 4.08. The van der Waals surface area contributed by atoms with Gasteiger partial charge >= 0.3 is 0 Å². The highest BCUT2D eigenvalue weighted by Gasteiger charge is 2.07. The van der Waals surface area contributed by atoms with Crippen molar-refractivity contribution in [2.24, 2.45) is 0 Å². The second kappa shape index (κ2) is 6.19. The smallest absolute Gasteiger partial charge is 0.224 e.